The molecule has 2 aromatic carbocycles. The van der Waals surface area contributed by atoms with E-state index in [1.54, 1.807) is 6.92 Å². The lowest BCUT2D eigenvalue weighted by Gasteiger charge is -2.24. The third-order valence-corrected chi connectivity index (χ3v) is 6.74. The number of aryl methyl sites for hydroxylation is 2. The molecule has 0 spiro atoms. The Hall–Kier alpha value is -3.45. The molecule has 32 heavy (non-hydrogen) atoms. The monoisotopic (exact) mass is 447 g/mol. The van der Waals surface area contributed by atoms with Gasteiger partial charge in [0.15, 0.2) is 0 Å². The molecule has 1 aliphatic rings. The Morgan fingerprint density at radius 1 is 1.06 bits per heavy atom. The van der Waals surface area contributed by atoms with E-state index in [4.69, 9.17) is 0 Å². The fourth-order valence-corrected chi connectivity index (χ4v) is 4.84. The third-order valence-electron chi connectivity index (χ3n) is 5.80. The number of hydrogen-bond donors (Lipinski definition) is 2. The van der Waals surface area contributed by atoms with E-state index in [2.05, 4.69) is 10.6 Å². The predicted octanol–water partition coefficient (Wildman–Crippen LogP) is 4.04. The van der Waals surface area contributed by atoms with Crippen molar-refractivity contribution < 1.29 is 14.4 Å². The summed E-state index contributed by atoms with van der Waals surface area (Å²) in [5.74, 6) is -0.837. The number of carbonyl (C=O) groups is 3. The maximum absolute atomic E-state index is 13.2. The molecule has 1 aromatic heterocycles. The van der Waals surface area contributed by atoms with Gasteiger partial charge in [0.2, 0.25) is 5.91 Å². The van der Waals surface area contributed by atoms with Crippen LogP contribution in [0.15, 0.2) is 66.0 Å². The normalized spacial score (nSPS) is 19.0. The molecule has 4 amide bonds. The summed E-state index contributed by atoms with van der Waals surface area (Å²) in [5, 5.41) is 7.72. The molecule has 2 unspecified atom stereocenters. The molecular weight excluding hydrogens is 422 g/mol. The first-order valence-corrected chi connectivity index (χ1v) is 11.3. The summed E-state index contributed by atoms with van der Waals surface area (Å²) in [5.41, 5.74) is 2.48. The summed E-state index contributed by atoms with van der Waals surface area (Å²) in [6.07, 6.45) is 0. The van der Waals surface area contributed by atoms with Gasteiger partial charge in [0.1, 0.15) is 12.1 Å². The third kappa shape index (κ3) is 4.03. The number of amides is 4. The summed E-state index contributed by atoms with van der Waals surface area (Å²) in [7, 11) is 0. The first-order chi connectivity index (χ1) is 15.3. The van der Waals surface area contributed by atoms with Crippen molar-refractivity contribution in [2.24, 2.45) is 0 Å². The number of imide groups is 1. The maximum atomic E-state index is 13.2. The van der Waals surface area contributed by atoms with Crippen LogP contribution < -0.4 is 10.6 Å². The van der Waals surface area contributed by atoms with Crippen LogP contribution in [0.5, 0.6) is 0 Å². The van der Waals surface area contributed by atoms with E-state index in [0.29, 0.717) is 0 Å². The highest BCUT2D eigenvalue weighted by atomic mass is 32.1. The molecule has 6 nitrogen and oxygen atoms in total. The number of rotatable bonds is 6. The van der Waals surface area contributed by atoms with Gasteiger partial charge in [-0.05, 0) is 48.9 Å². The molecule has 2 heterocycles. The van der Waals surface area contributed by atoms with Crippen molar-refractivity contribution in [3.8, 4) is 0 Å². The van der Waals surface area contributed by atoms with E-state index in [-0.39, 0.29) is 12.6 Å². The highest BCUT2D eigenvalue weighted by molar-refractivity contribution is 7.10. The van der Waals surface area contributed by atoms with Gasteiger partial charge in [-0.1, -0.05) is 60.2 Å². The summed E-state index contributed by atoms with van der Waals surface area (Å²) >= 11 is 1.54. The quantitative estimate of drug-likeness (QED) is 0.560. The SMILES string of the molecule is Cc1ccc(C(NC(=O)CN2C(=O)NC(C)(c3ccccc3C)C2=O)c2cccs2)cc1. The van der Waals surface area contributed by atoms with Crippen LogP contribution >= 0.6 is 11.3 Å². The van der Waals surface area contributed by atoms with E-state index in [9.17, 15) is 14.4 Å². The number of urea groups is 1. The highest BCUT2D eigenvalue weighted by Gasteiger charge is 2.50. The molecule has 7 heteroatoms. The van der Waals surface area contributed by atoms with E-state index in [1.807, 2.05) is 79.9 Å². The van der Waals surface area contributed by atoms with E-state index >= 15 is 0 Å². The molecule has 4 rings (SSSR count). The number of nitrogens with zero attached hydrogens (tertiary/aromatic N) is 1. The fraction of sp³-hybridized carbons (Fsp3) is 0.240. The Labute approximate surface area is 191 Å². The summed E-state index contributed by atoms with van der Waals surface area (Å²) in [4.78, 5) is 40.8. The standard InChI is InChI=1S/C25H25N3O3S/c1-16-10-12-18(13-11-16)22(20-9-6-14-32-20)26-21(29)15-28-23(30)25(3,27-24(28)31)19-8-5-4-7-17(19)2/h4-14,22H,15H2,1-3H3,(H,26,29)(H,27,31). The molecule has 1 aliphatic heterocycles. The average Bonchev–Trinajstić information content (AvgIpc) is 3.37. The lowest BCUT2D eigenvalue weighted by atomic mass is 9.88. The highest BCUT2D eigenvalue weighted by Crippen LogP contribution is 2.31. The predicted molar refractivity (Wildman–Crippen MR) is 124 cm³/mol. The topological polar surface area (TPSA) is 78.5 Å². The Balaban J connectivity index is 1.54. The van der Waals surface area contributed by atoms with E-state index in [0.717, 1.165) is 32.0 Å². The molecule has 2 N–H and O–H groups in total. The van der Waals surface area contributed by atoms with Crippen molar-refractivity contribution >= 4 is 29.2 Å². The van der Waals surface area contributed by atoms with Gasteiger partial charge >= 0.3 is 6.03 Å². The average molecular weight is 448 g/mol. The fourth-order valence-electron chi connectivity index (χ4n) is 4.04. The van der Waals surface area contributed by atoms with Gasteiger partial charge < -0.3 is 10.6 Å². The van der Waals surface area contributed by atoms with Crippen LogP contribution in [0.3, 0.4) is 0 Å². The number of benzene rings is 2. The lowest BCUT2D eigenvalue weighted by molar-refractivity contribution is -0.135. The Kier molecular flexibility index (Phi) is 5.84. The van der Waals surface area contributed by atoms with Crippen LogP contribution in [0.25, 0.3) is 0 Å². The second kappa shape index (κ2) is 8.59. The van der Waals surface area contributed by atoms with Crippen molar-refractivity contribution in [1.29, 1.82) is 0 Å². The van der Waals surface area contributed by atoms with Crippen LogP contribution in [0.1, 0.15) is 40.1 Å². The molecule has 0 aliphatic carbocycles. The zero-order valence-electron chi connectivity index (χ0n) is 18.2. The number of carbonyl (C=O) groups excluding carboxylic acids is 3. The molecular formula is C25H25N3O3S. The minimum atomic E-state index is -1.20. The number of thiophene rings is 1. The molecule has 2 atom stereocenters. The molecule has 0 saturated carbocycles. The van der Waals surface area contributed by atoms with Crippen LogP contribution in [0, 0.1) is 13.8 Å². The number of hydrogen-bond acceptors (Lipinski definition) is 4. The van der Waals surface area contributed by atoms with Gasteiger partial charge in [-0.15, -0.1) is 11.3 Å². The van der Waals surface area contributed by atoms with Gasteiger partial charge in [0.25, 0.3) is 5.91 Å². The van der Waals surface area contributed by atoms with E-state index in [1.165, 1.54) is 11.3 Å². The van der Waals surface area contributed by atoms with Gasteiger partial charge in [-0.3, -0.25) is 14.5 Å². The minimum absolute atomic E-state index is 0.347. The van der Waals surface area contributed by atoms with Gasteiger partial charge in [0, 0.05) is 4.88 Å². The van der Waals surface area contributed by atoms with Crippen LogP contribution in [0.4, 0.5) is 4.79 Å². The smallest absolute Gasteiger partial charge is 0.325 e. The van der Waals surface area contributed by atoms with E-state index < -0.39 is 23.4 Å². The summed E-state index contributed by atoms with van der Waals surface area (Å²) < 4.78 is 0. The van der Waals surface area contributed by atoms with Gasteiger partial charge in [0.05, 0.1) is 6.04 Å². The zero-order valence-corrected chi connectivity index (χ0v) is 19.0. The first kappa shape index (κ1) is 21.8. The van der Waals surface area contributed by atoms with Crippen LogP contribution in [0.2, 0.25) is 0 Å². The van der Waals surface area contributed by atoms with Gasteiger partial charge in [-0.2, -0.15) is 0 Å². The summed E-state index contributed by atoms with van der Waals surface area (Å²) in [6.45, 7) is 5.22. The molecule has 3 aromatic rings. The largest absolute Gasteiger partial charge is 0.343 e. The molecule has 0 bridgehead atoms. The zero-order chi connectivity index (χ0) is 22.9. The Morgan fingerprint density at radius 2 is 1.78 bits per heavy atom. The van der Waals surface area contributed by atoms with Crippen LogP contribution in [-0.4, -0.2) is 29.3 Å². The second-order valence-corrected chi connectivity index (χ2v) is 9.17. The molecule has 1 saturated heterocycles. The maximum Gasteiger partial charge on any atom is 0.325 e. The Morgan fingerprint density at radius 3 is 2.44 bits per heavy atom. The number of nitrogens with one attached hydrogen (secondary N) is 2. The van der Waals surface area contributed by atoms with Crippen molar-refractivity contribution in [3.63, 3.8) is 0 Å². The van der Waals surface area contributed by atoms with Crippen molar-refractivity contribution in [2.75, 3.05) is 6.54 Å². The Bertz CT molecular complexity index is 1160. The molecule has 164 valence electrons. The molecule has 1 fully saturated rings. The van der Waals surface area contributed by atoms with Crippen molar-refractivity contribution in [1.82, 2.24) is 15.5 Å². The lowest BCUT2D eigenvalue weighted by Crippen LogP contribution is -2.44. The first-order valence-electron chi connectivity index (χ1n) is 10.4. The van der Waals surface area contributed by atoms with Crippen molar-refractivity contribution in [2.45, 2.75) is 32.4 Å². The summed E-state index contributed by atoms with van der Waals surface area (Å²) in [6, 6.07) is 18.3. The van der Waals surface area contributed by atoms with Gasteiger partial charge in [-0.25, -0.2) is 4.79 Å². The van der Waals surface area contributed by atoms with Crippen LogP contribution in [-0.2, 0) is 15.1 Å². The second-order valence-electron chi connectivity index (χ2n) is 8.19. The minimum Gasteiger partial charge on any atom is -0.343 e. The van der Waals surface area contributed by atoms with Crippen molar-refractivity contribution in [3.05, 3.63) is 93.2 Å². The molecule has 0 radical (unpaired) electrons.